The molecule has 3 nitrogen and oxygen atoms in total. The molecule has 0 amide bonds. The summed E-state index contributed by atoms with van der Waals surface area (Å²) in [6.07, 6.45) is 2.68. The summed E-state index contributed by atoms with van der Waals surface area (Å²) in [6, 6.07) is 0. The third-order valence-electron chi connectivity index (χ3n) is 3.28. The molecule has 0 heterocycles. The Hall–Kier alpha value is -0.380. The monoisotopic (exact) mass is 187 g/mol. The maximum absolute atomic E-state index is 11.4. The molecule has 0 fully saturated rings. The van der Waals surface area contributed by atoms with Crippen LogP contribution in [0.25, 0.3) is 0 Å². The van der Waals surface area contributed by atoms with Crippen molar-refractivity contribution in [3.63, 3.8) is 0 Å². The molecule has 0 aliphatic heterocycles. The van der Waals surface area contributed by atoms with Crippen LogP contribution in [0.1, 0.15) is 33.6 Å². The Morgan fingerprint density at radius 1 is 1.46 bits per heavy atom. The van der Waals surface area contributed by atoms with Crippen LogP contribution < -0.4 is 5.06 Å². The number of hydroxylamine groups is 2. The van der Waals surface area contributed by atoms with Gasteiger partial charge in [0.05, 0.1) is 7.05 Å². The minimum absolute atomic E-state index is 0.0336. The normalized spacial score (nSPS) is 19.2. The van der Waals surface area contributed by atoms with Gasteiger partial charge in [-0.15, -0.1) is 0 Å². The molecular weight excluding hydrogens is 166 g/mol. The maximum Gasteiger partial charge on any atom is 0.142 e. The molecule has 3 heteroatoms. The van der Waals surface area contributed by atoms with Gasteiger partial charge >= 0.3 is 0 Å². The van der Waals surface area contributed by atoms with E-state index in [0.29, 0.717) is 12.8 Å². The first kappa shape index (κ1) is 12.6. The molecule has 0 saturated carbocycles. The predicted octanol–water partition coefficient (Wildman–Crippen LogP) is 0.495. The van der Waals surface area contributed by atoms with E-state index < -0.39 is 11.1 Å². The summed E-state index contributed by atoms with van der Waals surface area (Å²) in [5, 5.41) is 21.6. The Morgan fingerprint density at radius 3 is 1.92 bits per heavy atom. The van der Waals surface area contributed by atoms with Crippen LogP contribution in [0.5, 0.6) is 0 Å². The lowest BCUT2D eigenvalue weighted by Gasteiger charge is -2.46. The summed E-state index contributed by atoms with van der Waals surface area (Å²) in [4.78, 5) is 0. The van der Waals surface area contributed by atoms with Gasteiger partial charge in [-0.2, -0.15) is 0 Å². The third-order valence-corrected chi connectivity index (χ3v) is 3.28. The molecule has 0 aliphatic carbocycles. The minimum Gasteiger partial charge on any atom is -0.634 e. The molecule has 0 aromatic rings. The molecule has 2 N–H and O–H groups in total. The SMILES string of the molecule is C=CC(C)([NH+](C)[O-])C(O)(CC)CC. The van der Waals surface area contributed by atoms with Crippen LogP contribution in [0.3, 0.4) is 0 Å². The second-order valence-electron chi connectivity index (χ2n) is 3.70. The van der Waals surface area contributed by atoms with Crippen molar-refractivity contribution in [2.75, 3.05) is 7.05 Å². The van der Waals surface area contributed by atoms with Crippen molar-refractivity contribution in [3.05, 3.63) is 17.9 Å². The molecule has 2 atom stereocenters. The fourth-order valence-electron chi connectivity index (χ4n) is 1.65. The fourth-order valence-corrected chi connectivity index (χ4v) is 1.65. The number of quaternary nitrogens is 1. The molecule has 0 bridgehead atoms. The molecule has 0 spiro atoms. The largest absolute Gasteiger partial charge is 0.634 e. The van der Waals surface area contributed by atoms with E-state index in [9.17, 15) is 10.3 Å². The molecule has 2 unspecified atom stereocenters. The molecule has 0 saturated heterocycles. The summed E-state index contributed by atoms with van der Waals surface area (Å²) >= 11 is 0. The summed E-state index contributed by atoms with van der Waals surface area (Å²) < 4.78 is 0. The van der Waals surface area contributed by atoms with Crippen molar-refractivity contribution in [2.24, 2.45) is 0 Å². The van der Waals surface area contributed by atoms with Crippen molar-refractivity contribution in [3.8, 4) is 0 Å². The van der Waals surface area contributed by atoms with Crippen molar-refractivity contribution < 1.29 is 10.2 Å². The first-order valence-corrected chi connectivity index (χ1v) is 4.75. The Balaban J connectivity index is 5.02. The van der Waals surface area contributed by atoms with Crippen LogP contribution in [0.15, 0.2) is 12.7 Å². The first-order valence-electron chi connectivity index (χ1n) is 4.75. The van der Waals surface area contributed by atoms with Crippen molar-refractivity contribution in [2.45, 2.75) is 44.8 Å². The highest BCUT2D eigenvalue weighted by molar-refractivity contribution is 5.06. The molecule has 0 aromatic carbocycles. The number of nitrogens with one attached hydrogen (secondary N) is 1. The average molecular weight is 187 g/mol. The van der Waals surface area contributed by atoms with Crippen LogP contribution in [-0.4, -0.2) is 23.3 Å². The highest BCUT2D eigenvalue weighted by Gasteiger charge is 2.46. The number of likely N-dealkylation sites (N-methyl/N-ethyl adjacent to an activating group) is 1. The van der Waals surface area contributed by atoms with E-state index >= 15 is 0 Å². The second kappa shape index (κ2) is 4.22. The van der Waals surface area contributed by atoms with Crippen LogP contribution in [0.2, 0.25) is 0 Å². The second-order valence-corrected chi connectivity index (χ2v) is 3.70. The Bertz CT molecular complexity index is 176. The van der Waals surface area contributed by atoms with E-state index in [-0.39, 0.29) is 5.06 Å². The quantitative estimate of drug-likeness (QED) is 0.486. The number of rotatable bonds is 5. The predicted molar refractivity (Wildman–Crippen MR) is 54.4 cm³/mol. The molecule has 13 heavy (non-hydrogen) atoms. The zero-order chi connectivity index (χ0) is 10.7. The van der Waals surface area contributed by atoms with Crippen LogP contribution in [0.4, 0.5) is 0 Å². The van der Waals surface area contributed by atoms with E-state index in [4.69, 9.17) is 0 Å². The zero-order valence-electron chi connectivity index (χ0n) is 9.05. The number of hydrogen-bond acceptors (Lipinski definition) is 2. The van der Waals surface area contributed by atoms with Gasteiger partial charge in [0.15, 0.2) is 0 Å². The molecule has 0 aliphatic rings. The van der Waals surface area contributed by atoms with E-state index in [1.807, 2.05) is 13.8 Å². The lowest BCUT2D eigenvalue weighted by Crippen LogP contribution is -3.15. The van der Waals surface area contributed by atoms with Crippen molar-refractivity contribution >= 4 is 0 Å². The maximum atomic E-state index is 11.4. The lowest BCUT2D eigenvalue weighted by molar-refractivity contribution is -0.884. The van der Waals surface area contributed by atoms with Gasteiger partial charge < -0.3 is 15.4 Å². The Morgan fingerprint density at radius 2 is 1.85 bits per heavy atom. The van der Waals surface area contributed by atoms with Crippen LogP contribution in [-0.2, 0) is 0 Å². The van der Waals surface area contributed by atoms with Gasteiger partial charge in [0.25, 0.3) is 0 Å². The van der Waals surface area contributed by atoms with Gasteiger partial charge in [0.2, 0.25) is 0 Å². The fraction of sp³-hybridized carbons (Fsp3) is 0.800. The Kier molecular flexibility index (Phi) is 4.10. The average Bonchev–Trinajstić information content (AvgIpc) is 2.14. The third kappa shape index (κ3) is 1.93. The zero-order valence-corrected chi connectivity index (χ0v) is 9.05. The van der Waals surface area contributed by atoms with Crippen LogP contribution >= 0.6 is 0 Å². The summed E-state index contributed by atoms with van der Waals surface area (Å²) in [7, 11) is 1.50. The molecule has 0 rings (SSSR count). The summed E-state index contributed by atoms with van der Waals surface area (Å²) in [6.45, 7) is 9.15. The van der Waals surface area contributed by atoms with Gasteiger partial charge in [-0.3, -0.25) is 0 Å². The van der Waals surface area contributed by atoms with Gasteiger partial charge in [-0.25, -0.2) is 0 Å². The van der Waals surface area contributed by atoms with Gasteiger partial charge in [-0.1, -0.05) is 20.4 Å². The van der Waals surface area contributed by atoms with E-state index in [1.54, 1.807) is 13.0 Å². The van der Waals surface area contributed by atoms with E-state index in [2.05, 4.69) is 6.58 Å². The van der Waals surface area contributed by atoms with Crippen molar-refractivity contribution in [1.29, 1.82) is 0 Å². The van der Waals surface area contributed by atoms with Crippen molar-refractivity contribution in [1.82, 2.24) is 0 Å². The minimum atomic E-state index is -0.958. The number of aliphatic hydroxyl groups is 1. The number of hydrogen-bond donors (Lipinski definition) is 2. The van der Waals surface area contributed by atoms with Crippen LogP contribution in [0, 0.1) is 5.21 Å². The lowest BCUT2D eigenvalue weighted by atomic mass is 9.77. The van der Waals surface area contributed by atoms with E-state index in [1.165, 1.54) is 7.05 Å². The molecular formula is C10H21NO2. The highest BCUT2D eigenvalue weighted by Crippen LogP contribution is 2.27. The molecule has 78 valence electrons. The van der Waals surface area contributed by atoms with Gasteiger partial charge in [-0.05, 0) is 25.8 Å². The molecule has 0 aromatic heterocycles. The highest BCUT2D eigenvalue weighted by atomic mass is 16.5. The van der Waals surface area contributed by atoms with Gasteiger partial charge in [0.1, 0.15) is 11.1 Å². The van der Waals surface area contributed by atoms with Gasteiger partial charge in [0, 0.05) is 0 Å². The smallest absolute Gasteiger partial charge is 0.142 e. The topological polar surface area (TPSA) is 47.7 Å². The first-order chi connectivity index (χ1) is 5.88. The summed E-state index contributed by atoms with van der Waals surface area (Å²) in [5.74, 6) is 0. The standard InChI is InChI=1S/C10H21NO2/c1-6-9(4,11(5)13)10(12,7-2)8-3/h6,11-12H,1,7-8H2,2-5H3. The molecule has 0 radical (unpaired) electrons. The van der Waals surface area contributed by atoms with E-state index in [0.717, 1.165) is 0 Å². The summed E-state index contributed by atoms with van der Waals surface area (Å²) in [5.41, 5.74) is -1.78. The Labute approximate surface area is 80.6 Å².